The Morgan fingerprint density at radius 3 is 2.65 bits per heavy atom. The number of nitrogens with zero attached hydrogens (tertiary/aromatic N) is 1. The first-order valence-corrected chi connectivity index (χ1v) is 6.41. The Bertz CT molecular complexity index is 512. The van der Waals surface area contributed by atoms with Crippen LogP contribution in [0.2, 0.25) is 0 Å². The largest absolute Gasteiger partial charge is 0.396 e. The smallest absolute Gasteiger partial charge is 0.270 e. The third-order valence-electron chi connectivity index (χ3n) is 3.19. The molecule has 0 atom stereocenters. The van der Waals surface area contributed by atoms with E-state index in [1.807, 2.05) is 13.8 Å². The van der Waals surface area contributed by atoms with Crippen molar-refractivity contribution >= 4 is 11.6 Å². The number of aryl methyl sites for hydroxylation is 1. The Balaban J connectivity index is 2.82. The van der Waals surface area contributed by atoms with Gasteiger partial charge in [-0.2, -0.15) is 0 Å². The number of nitrogens with one attached hydrogen (secondary N) is 1. The molecule has 1 rings (SSSR count). The lowest BCUT2D eigenvalue weighted by molar-refractivity contribution is -0.384. The molecule has 110 valence electrons. The highest BCUT2D eigenvalue weighted by atomic mass is 16.6. The minimum absolute atomic E-state index is 0.0543. The number of carbonyl (C=O) groups is 1. The highest BCUT2D eigenvalue weighted by molar-refractivity contribution is 5.96. The summed E-state index contributed by atoms with van der Waals surface area (Å²) in [4.78, 5) is 22.3. The number of nitro groups is 1. The van der Waals surface area contributed by atoms with Crippen LogP contribution in [-0.4, -0.2) is 29.1 Å². The van der Waals surface area contributed by atoms with Crippen LogP contribution in [0.15, 0.2) is 18.2 Å². The second-order valence-corrected chi connectivity index (χ2v) is 5.58. The molecule has 0 saturated carbocycles. The molecule has 6 nitrogen and oxygen atoms in total. The molecule has 6 heteroatoms. The normalized spacial score (nSPS) is 11.2. The van der Waals surface area contributed by atoms with Crippen molar-refractivity contribution in [1.82, 2.24) is 5.32 Å². The summed E-state index contributed by atoms with van der Waals surface area (Å²) in [5.41, 5.74) is 0.668. The molecular weight excluding hydrogens is 260 g/mol. The number of benzene rings is 1. The van der Waals surface area contributed by atoms with E-state index in [1.165, 1.54) is 12.1 Å². The fourth-order valence-corrected chi connectivity index (χ4v) is 1.77. The van der Waals surface area contributed by atoms with Crippen molar-refractivity contribution in [2.24, 2.45) is 5.41 Å². The Hall–Kier alpha value is -1.95. The molecule has 0 fully saturated rings. The summed E-state index contributed by atoms with van der Waals surface area (Å²) in [6, 6.07) is 4.22. The van der Waals surface area contributed by atoms with Crippen molar-refractivity contribution in [3.8, 4) is 0 Å². The fraction of sp³-hybridized carbons (Fsp3) is 0.500. The number of carbonyl (C=O) groups excluding carboxylic acids is 1. The lowest BCUT2D eigenvalue weighted by Crippen LogP contribution is -2.34. The Morgan fingerprint density at radius 1 is 1.45 bits per heavy atom. The van der Waals surface area contributed by atoms with E-state index in [0.717, 1.165) is 0 Å². The van der Waals surface area contributed by atoms with Crippen molar-refractivity contribution in [3.63, 3.8) is 0 Å². The molecule has 2 N–H and O–H groups in total. The number of aliphatic hydroxyl groups excluding tert-OH is 1. The highest BCUT2D eigenvalue weighted by Crippen LogP contribution is 2.20. The van der Waals surface area contributed by atoms with Crippen molar-refractivity contribution in [2.75, 3.05) is 13.2 Å². The van der Waals surface area contributed by atoms with Crippen LogP contribution in [0.3, 0.4) is 0 Å². The van der Waals surface area contributed by atoms with Crippen LogP contribution in [-0.2, 0) is 0 Å². The molecular formula is C14H20N2O4. The molecule has 0 saturated heterocycles. The predicted octanol–water partition coefficient (Wildman–Crippen LogP) is 2.04. The molecule has 0 aliphatic rings. The number of aliphatic hydroxyl groups is 1. The maximum absolute atomic E-state index is 12.1. The molecule has 0 bridgehead atoms. The molecule has 1 aromatic rings. The van der Waals surface area contributed by atoms with Crippen molar-refractivity contribution in [2.45, 2.75) is 27.2 Å². The molecule has 0 aromatic heterocycles. The van der Waals surface area contributed by atoms with E-state index in [4.69, 9.17) is 5.11 Å². The van der Waals surface area contributed by atoms with Crippen LogP contribution in [0.5, 0.6) is 0 Å². The Morgan fingerprint density at radius 2 is 2.10 bits per heavy atom. The summed E-state index contributed by atoms with van der Waals surface area (Å²) >= 11 is 0. The van der Waals surface area contributed by atoms with E-state index in [2.05, 4.69) is 5.32 Å². The topological polar surface area (TPSA) is 92.5 Å². The van der Waals surface area contributed by atoms with Gasteiger partial charge in [-0.1, -0.05) is 19.9 Å². The molecule has 0 aliphatic carbocycles. The van der Waals surface area contributed by atoms with Crippen LogP contribution in [0, 0.1) is 22.5 Å². The zero-order valence-corrected chi connectivity index (χ0v) is 12.0. The number of rotatable bonds is 6. The van der Waals surface area contributed by atoms with Gasteiger partial charge in [-0.05, 0) is 24.3 Å². The maximum Gasteiger partial charge on any atom is 0.270 e. The van der Waals surface area contributed by atoms with E-state index < -0.39 is 4.92 Å². The molecule has 1 amide bonds. The summed E-state index contributed by atoms with van der Waals surface area (Å²) < 4.78 is 0. The van der Waals surface area contributed by atoms with Crippen molar-refractivity contribution < 1.29 is 14.8 Å². The van der Waals surface area contributed by atoms with Gasteiger partial charge < -0.3 is 10.4 Å². The number of nitro benzene ring substituents is 1. The van der Waals surface area contributed by atoms with Gasteiger partial charge in [0.1, 0.15) is 0 Å². The molecule has 0 aliphatic heterocycles. The average Bonchev–Trinajstić information content (AvgIpc) is 2.36. The van der Waals surface area contributed by atoms with E-state index in [-0.39, 0.29) is 23.6 Å². The summed E-state index contributed by atoms with van der Waals surface area (Å²) in [5.74, 6) is -0.336. The second kappa shape index (κ2) is 6.47. The fourth-order valence-electron chi connectivity index (χ4n) is 1.77. The Labute approximate surface area is 118 Å². The molecule has 0 radical (unpaired) electrons. The van der Waals surface area contributed by atoms with Crippen LogP contribution in [0.1, 0.15) is 36.2 Å². The number of hydrogen-bond acceptors (Lipinski definition) is 4. The highest BCUT2D eigenvalue weighted by Gasteiger charge is 2.20. The third-order valence-corrected chi connectivity index (χ3v) is 3.19. The lowest BCUT2D eigenvalue weighted by atomic mass is 9.89. The van der Waals surface area contributed by atoms with Gasteiger partial charge in [0.25, 0.3) is 11.6 Å². The first-order chi connectivity index (χ1) is 9.26. The predicted molar refractivity (Wildman–Crippen MR) is 75.7 cm³/mol. The van der Waals surface area contributed by atoms with Gasteiger partial charge in [-0.15, -0.1) is 0 Å². The first-order valence-electron chi connectivity index (χ1n) is 6.41. The standard InChI is InChI=1S/C14H20N2O4/c1-10-4-5-11(16(19)20)8-12(10)13(18)15-9-14(2,3)6-7-17/h4-5,8,17H,6-7,9H2,1-3H3,(H,15,18). The number of non-ortho nitro benzene ring substituents is 1. The summed E-state index contributed by atoms with van der Waals surface area (Å²) in [6.45, 7) is 6.05. The average molecular weight is 280 g/mol. The quantitative estimate of drug-likeness (QED) is 0.616. The molecule has 20 heavy (non-hydrogen) atoms. The van der Waals surface area contributed by atoms with Gasteiger partial charge in [0, 0.05) is 30.8 Å². The van der Waals surface area contributed by atoms with Gasteiger partial charge in [0.15, 0.2) is 0 Å². The zero-order chi connectivity index (χ0) is 15.3. The molecule has 0 heterocycles. The Kier molecular flexibility index (Phi) is 5.21. The van der Waals surface area contributed by atoms with E-state index in [0.29, 0.717) is 24.1 Å². The van der Waals surface area contributed by atoms with Crippen LogP contribution in [0.4, 0.5) is 5.69 Å². The number of amides is 1. The monoisotopic (exact) mass is 280 g/mol. The SMILES string of the molecule is Cc1ccc([N+](=O)[O-])cc1C(=O)NCC(C)(C)CCO. The van der Waals surface area contributed by atoms with Crippen molar-refractivity contribution in [1.29, 1.82) is 0 Å². The first kappa shape index (κ1) is 16.1. The van der Waals surface area contributed by atoms with E-state index in [9.17, 15) is 14.9 Å². The summed E-state index contributed by atoms with van der Waals surface area (Å²) in [6.07, 6.45) is 0.571. The van der Waals surface area contributed by atoms with Crippen LogP contribution >= 0.6 is 0 Å². The molecule has 0 unspecified atom stereocenters. The van der Waals surface area contributed by atoms with Gasteiger partial charge in [-0.25, -0.2) is 0 Å². The lowest BCUT2D eigenvalue weighted by Gasteiger charge is -2.24. The zero-order valence-electron chi connectivity index (χ0n) is 12.0. The summed E-state index contributed by atoms with van der Waals surface area (Å²) in [7, 11) is 0. The third kappa shape index (κ3) is 4.31. The van der Waals surface area contributed by atoms with E-state index >= 15 is 0 Å². The van der Waals surface area contributed by atoms with Crippen LogP contribution < -0.4 is 5.32 Å². The number of hydrogen-bond donors (Lipinski definition) is 2. The van der Waals surface area contributed by atoms with Crippen LogP contribution in [0.25, 0.3) is 0 Å². The van der Waals surface area contributed by atoms with Gasteiger partial charge in [0.2, 0.25) is 0 Å². The maximum atomic E-state index is 12.1. The summed E-state index contributed by atoms with van der Waals surface area (Å²) in [5, 5.41) is 22.4. The second-order valence-electron chi connectivity index (χ2n) is 5.58. The minimum atomic E-state index is -0.522. The van der Waals surface area contributed by atoms with E-state index in [1.54, 1.807) is 13.0 Å². The molecule has 0 spiro atoms. The van der Waals surface area contributed by atoms with Gasteiger partial charge >= 0.3 is 0 Å². The van der Waals surface area contributed by atoms with Gasteiger partial charge in [-0.3, -0.25) is 14.9 Å². The van der Waals surface area contributed by atoms with Crippen molar-refractivity contribution in [3.05, 3.63) is 39.4 Å². The molecule has 1 aromatic carbocycles. The van der Waals surface area contributed by atoms with Gasteiger partial charge in [0.05, 0.1) is 4.92 Å². The minimum Gasteiger partial charge on any atom is -0.396 e.